The zero-order valence-corrected chi connectivity index (χ0v) is 12.2. The fourth-order valence-corrected chi connectivity index (χ4v) is 3.12. The quantitative estimate of drug-likeness (QED) is 0.846. The molecule has 1 heterocycles. The van der Waals surface area contributed by atoms with Crippen molar-refractivity contribution in [2.45, 2.75) is 32.7 Å². The molecular formula is C16H21NS. The molecule has 96 valence electrons. The predicted octanol–water partition coefficient (Wildman–Crippen LogP) is 4.26. The third-order valence-electron chi connectivity index (χ3n) is 3.45. The van der Waals surface area contributed by atoms with Crippen molar-refractivity contribution >= 4 is 11.3 Å². The summed E-state index contributed by atoms with van der Waals surface area (Å²) in [4.78, 5) is 0. The smallest absolute Gasteiger partial charge is 0.0323 e. The van der Waals surface area contributed by atoms with E-state index in [-0.39, 0.29) is 0 Å². The molecule has 1 atom stereocenters. The van der Waals surface area contributed by atoms with Gasteiger partial charge in [0.25, 0.3) is 0 Å². The van der Waals surface area contributed by atoms with E-state index < -0.39 is 0 Å². The van der Waals surface area contributed by atoms with Gasteiger partial charge in [0.05, 0.1) is 0 Å². The first-order valence-electron chi connectivity index (χ1n) is 6.46. The Morgan fingerprint density at radius 2 is 2.06 bits per heavy atom. The lowest BCUT2D eigenvalue weighted by Crippen LogP contribution is -2.18. The summed E-state index contributed by atoms with van der Waals surface area (Å²) in [5.41, 5.74) is 5.60. The number of benzene rings is 1. The molecule has 18 heavy (non-hydrogen) atoms. The summed E-state index contributed by atoms with van der Waals surface area (Å²) < 4.78 is 0. The van der Waals surface area contributed by atoms with Crippen molar-refractivity contribution < 1.29 is 0 Å². The average molecular weight is 259 g/mol. The lowest BCUT2D eigenvalue weighted by molar-refractivity contribution is 0.547. The summed E-state index contributed by atoms with van der Waals surface area (Å²) in [5.74, 6) is 0. The van der Waals surface area contributed by atoms with E-state index in [9.17, 15) is 0 Å². The SMILES string of the molecule is CNC(CCc1ccsc1)c1ccc(C)cc1C. The molecule has 0 spiro atoms. The van der Waals surface area contributed by atoms with Crippen molar-refractivity contribution in [2.24, 2.45) is 0 Å². The highest BCUT2D eigenvalue weighted by molar-refractivity contribution is 7.07. The number of aryl methyl sites for hydroxylation is 3. The molecule has 0 fully saturated rings. The Hall–Kier alpha value is -1.12. The van der Waals surface area contributed by atoms with Gasteiger partial charge < -0.3 is 5.32 Å². The number of rotatable bonds is 5. The fraction of sp³-hybridized carbons (Fsp3) is 0.375. The van der Waals surface area contributed by atoms with Gasteiger partial charge >= 0.3 is 0 Å². The largest absolute Gasteiger partial charge is 0.313 e. The van der Waals surface area contributed by atoms with Gasteiger partial charge in [0.15, 0.2) is 0 Å². The van der Waals surface area contributed by atoms with Gasteiger partial charge in [-0.05, 0) is 67.3 Å². The second-order valence-electron chi connectivity index (χ2n) is 4.87. The van der Waals surface area contributed by atoms with E-state index in [4.69, 9.17) is 0 Å². The molecule has 0 saturated heterocycles. The Morgan fingerprint density at radius 1 is 1.22 bits per heavy atom. The van der Waals surface area contributed by atoms with Crippen molar-refractivity contribution in [3.05, 3.63) is 57.3 Å². The van der Waals surface area contributed by atoms with Crippen molar-refractivity contribution in [3.63, 3.8) is 0 Å². The van der Waals surface area contributed by atoms with Gasteiger partial charge in [0.1, 0.15) is 0 Å². The normalized spacial score (nSPS) is 12.6. The highest BCUT2D eigenvalue weighted by Gasteiger charge is 2.11. The third-order valence-corrected chi connectivity index (χ3v) is 4.18. The van der Waals surface area contributed by atoms with Crippen LogP contribution in [0.25, 0.3) is 0 Å². The van der Waals surface area contributed by atoms with Gasteiger partial charge in [-0.25, -0.2) is 0 Å². The van der Waals surface area contributed by atoms with Gasteiger partial charge in [-0.15, -0.1) is 0 Å². The Morgan fingerprint density at radius 3 is 2.67 bits per heavy atom. The minimum absolute atomic E-state index is 0.450. The van der Waals surface area contributed by atoms with Crippen LogP contribution in [0.15, 0.2) is 35.0 Å². The monoisotopic (exact) mass is 259 g/mol. The summed E-state index contributed by atoms with van der Waals surface area (Å²) >= 11 is 1.78. The summed E-state index contributed by atoms with van der Waals surface area (Å²) in [5, 5.41) is 7.84. The van der Waals surface area contributed by atoms with Crippen molar-refractivity contribution in [1.29, 1.82) is 0 Å². The molecule has 2 aromatic rings. The first-order chi connectivity index (χ1) is 8.70. The standard InChI is InChI=1S/C16H21NS/c1-12-4-6-15(13(2)10-12)16(17-3)7-5-14-8-9-18-11-14/h4,6,8-11,16-17H,5,7H2,1-3H3. The molecule has 0 saturated carbocycles. The number of nitrogens with one attached hydrogen (secondary N) is 1. The lowest BCUT2D eigenvalue weighted by Gasteiger charge is -2.19. The van der Waals surface area contributed by atoms with E-state index in [2.05, 4.69) is 61.2 Å². The van der Waals surface area contributed by atoms with Crippen LogP contribution in [0.5, 0.6) is 0 Å². The number of hydrogen-bond acceptors (Lipinski definition) is 2. The third kappa shape index (κ3) is 3.21. The fourth-order valence-electron chi connectivity index (χ4n) is 2.42. The molecule has 1 aromatic heterocycles. The molecule has 1 unspecified atom stereocenters. The average Bonchev–Trinajstić information content (AvgIpc) is 2.85. The first kappa shape index (κ1) is 13.3. The number of thiophene rings is 1. The van der Waals surface area contributed by atoms with Gasteiger partial charge in [-0.1, -0.05) is 23.8 Å². The molecule has 2 rings (SSSR count). The summed E-state index contributed by atoms with van der Waals surface area (Å²) in [6.45, 7) is 4.35. The van der Waals surface area contributed by atoms with E-state index in [0.29, 0.717) is 6.04 Å². The van der Waals surface area contributed by atoms with Crippen LogP contribution < -0.4 is 5.32 Å². The Balaban J connectivity index is 2.08. The summed E-state index contributed by atoms with van der Waals surface area (Å²) in [7, 11) is 2.05. The van der Waals surface area contributed by atoms with Gasteiger partial charge in [-0.2, -0.15) is 11.3 Å². The zero-order valence-electron chi connectivity index (χ0n) is 11.4. The maximum Gasteiger partial charge on any atom is 0.0323 e. The highest BCUT2D eigenvalue weighted by atomic mass is 32.1. The van der Waals surface area contributed by atoms with Crippen LogP contribution >= 0.6 is 11.3 Å². The molecule has 0 aliphatic rings. The van der Waals surface area contributed by atoms with E-state index in [0.717, 1.165) is 12.8 Å². The van der Waals surface area contributed by atoms with Crippen LogP contribution in [0.4, 0.5) is 0 Å². The molecule has 0 amide bonds. The topological polar surface area (TPSA) is 12.0 Å². The molecule has 0 bridgehead atoms. The van der Waals surface area contributed by atoms with Crippen molar-refractivity contribution in [1.82, 2.24) is 5.32 Å². The van der Waals surface area contributed by atoms with Crippen molar-refractivity contribution in [2.75, 3.05) is 7.05 Å². The van der Waals surface area contributed by atoms with E-state index in [1.54, 1.807) is 11.3 Å². The molecule has 1 N–H and O–H groups in total. The molecule has 1 aromatic carbocycles. The number of hydrogen-bond donors (Lipinski definition) is 1. The van der Waals surface area contributed by atoms with E-state index in [1.165, 1.54) is 22.3 Å². The molecule has 1 nitrogen and oxygen atoms in total. The second kappa shape index (κ2) is 6.17. The Kier molecular flexibility index (Phi) is 4.56. The van der Waals surface area contributed by atoms with Crippen LogP contribution in [-0.2, 0) is 6.42 Å². The lowest BCUT2D eigenvalue weighted by atomic mass is 9.95. The molecule has 0 aliphatic carbocycles. The van der Waals surface area contributed by atoms with E-state index in [1.807, 2.05) is 0 Å². The van der Waals surface area contributed by atoms with Crippen LogP contribution in [0.1, 0.15) is 34.7 Å². The van der Waals surface area contributed by atoms with Crippen LogP contribution in [-0.4, -0.2) is 7.05 Å². The van der Waals surface area contributed by atoms with Gasteiger partial charge in [0, 0.05) is 6.04 Å². The minimum Gasteiger partial charge on any atom is -0.313 e. The van der Waals surface area contributed by atoms with Gasteiger partial charge in [-0.3, -0.25) is 0 Å². The molecule has 2 heteroatoms. The van der Waals surface area contributed by atoms with Crippen LogP contribution in [0.3, 0.4) is 0 Å². The first-order valence-corrected chi connectivity index (χ1v) is 7.40. The van der Waals surface area contributed by atoms with Crippen molar-refractivity contribution in [3.8, 4) is 0 Å². The zero-order chi connectivity index (χ0) is 13.0. The molecule has 0 aliphatic heterocycles. The minimum atomic E-state index is 0.450. The summed E-state index contributed by atoms with van der Waals surface area (Å²) in [6.07, 6.45) is 2.29. The van der Waals surface area contributed by atoms with Crippen LogP contribution in [0.2, 0.25) is 0 Å². The molecular weight excluding hydrogens is 238 g/mol. The maximum atomic E-state index is 3.44. The van der Waals surface area contributed by atoms with E-state index >= 15 is 0 Å². The Bertz CT molecular complexity index is 488. The van der Waals surface area contributed by atoms with Gasteiger partial charge in [0.2, 0.25) is 0 Å². The maximum absolute atomic E-state index is 3.44. The second-order valence-corrected chi connectivity index (χ2v) is 5.65. The van der Waals surface area contributed by atoms with Crippen LogP contribution in [0, 0.1) is 13.8 Å². The summed E-state index contributed by atoms with van der Waals surface area (Å²) in [6, 6.07) is 9.41. The predicted molar refractivity (Wildman–Crippen MR) is 80.4 cm³/mol. The highest BCUT2D eigenvalue weighted by Crippen LogP contribution is 2.23. The Labute approximate surface area is 114 Å². The molecule has 0 radical (unpaired) electrons.